The van der Waals surface area contributed by atoms with E-state index < -0.39 is 0 Å². The van der Waals surface area contributed by atoms with Crippen molar-refractivity contribution in [1.82, 2.24) is 10.3 Å². The zero-order chi connectivity index (χ0) is 16.5. The SMILES string of the molecule is NCC1(CC(=O)NCCC(=O)Nc2ccncc2)CCCCC1. The van der Waals surface area contributed by atoms with Gasteiger partial charge in [0.25, 0.3) is 0 Å². The van der Waals surface area contributed by atoms with E-state index in [0.29, 0.717) is 25.2 Å². The Morgan fingerprint density at radius 1 is 1.13 bits per heavy atom. The molecule has 1 fully saturated rings. The van der Waals surface area contributed by atoms with Crippen LogP contribution in [0.25, 0.3) is 0 Å². The molecule has 4 N–H and O–H groups in total. The molecule has 1 saturated carbocycles. The second-order valence-electron chi connectivity index (χ2n) is 6.33. The van der Waals surface area contributed by atoms with Crippen molar-refractivity contribution in [3.8, 4) is 0 Å². The number of amides is 2. The molecule has 0 atom stereocenters. The zero-order valence-corrected chi connectivity index (χ0v) is 13.5. The lowest BCUT2D eigenvalue weighted by atomic mass is 9.71. The fourth-order valence-electron chi connectivity index (χ4n) is 3.13. The summed E-state index contributed by atoms with van der Waals surface area (Å²) in [5.74, 6) is -0.128. The Morgan fingerprint density at radius 3 is 2.48 bits per heavy atom. The standard InChI is InChI=1S/C17H26N4O2/c18-13-17(7-2-1-3-8-17)12-16(23)20-11-6-15(22)21-14-4-9-19-10-5-14/h4-5,9-10H,1-3,6-8,11-13,18H2,(H,20,23)(H,19,21,22). The Labute approximate surface area is 137 Å². The van der Waals surface area contributed by atoms with E-state index in [1.807, 2.05) is 0 Å². The number of nitrogens with two attached hydrogens (primary N) is 1. The first-order chi connectivity index (χ1) is 11.1. The summed E-state index contributed by atoms with van der Waals surface area (Å²) in [5, 5.41) is 5.60. The highest BCUT2D eigenvalue weighted by Crippen LogP contribution is 2.38. The third-order valence-corrected chi connectivity index (χ3v) is 4.52. The van der Waals surface area contributed by atoms with Crippen molar-refractivity contribution in [2.24, 2.45) is 11.1 Å². The fraction of sp³-hybridized carbons (Fsp3) is 0.588. The molecule has 6 heteroatoms. The number of nitrogens with one attached hydrogen (secondary N) is 2. The van der Waals surface area contributed by atoms with Gasteiger partial charge in [-0.2, -0.15) is 0 Å². The smallest absolute Gasteiger partial charge is 0.226 e. The molecule has 2 amide bonds. The van der Waals surface area contributed by atoms with Crippen LogP contribution in [0, 0.1) is 5.41 Å². The molecule has 1 aromatic rings. The number of rotatable bonds is 7. The molecule has 0 bridgehead atoms. The highest BCUT2D eigenvalue weighted by Gasteiger charge is 2.32. The summed E-state index contributed by atoms with van der Waals surface area (Å²) in [7, 11) is 0. The molecule has 126 valence electrons. The van der Waals surface area contributed by atoms with Crippen molar-refractivity contribution in [3.63, 3.8) is 0 Å². The molecular formula is C17H26N4O2. The van der Waals surface area contributed by atoms with Gasteiger partial charge in [0.2, 0.25) is 11.8 Å². The van der Waals surface area contributed by atoms with E-state index >= 15 is 0 Å². The van der Waals surface area contributed by atoms with Crippen LogP contribution in [-0.2, 0) is 9.59 Å². The normalized spacial score (nSPS) is 16.6. The summed E-state index contributed by atoms with van der Waals surface area (Å²) in [6.45, 7) is 0.902. The Kier molecular flexibility index (Phi) is 6.52. The van der Waals surface area contributed by atoms with Crippen molar-refractivity contribution in [1.29, 1.82) is 0 Å². The largest absolute Gasteiger partial charge is 0.356 e. The van der Waals surface area contributed by atoms with Crippen molar-refractivity contribution in [2.75, 3.05) is 18.4 Å². The lowest BCUT2D eigenvalue weighted by molar-refractivity contribution is -0.124. The molecule has 1 heterocycles. The summed E-state index contributed by atoms with van der Waals surface area (Å²) >= 11 is 0. The van der Waals surface area contributed by atoms with Crippen LogP contribution >= 0.6 is 0 Å². The Hall–Kier alpha value is -1.95. The number of anilines is 1. The number of carbonyl (C=O) groups excluding carboxylic acids is 2. The minimum Gasteiger partial charge on any atom is -0.356 e. The minimum atomic E-state index is -0.122. The van der Waals surface area contributed by atoms with Gasteiger partial charge >= 0.3 is 0 Å². The summed E-state index contributed by atoms with van der Waals surface area (Å²) in [5.41, 5.74) is 6.57. The van der Waals surface area contributed by atoms with Gasteiger partial charge in [0.05, 0.1) is 0 Å². The zero-order valence-electron chi connectivity index (χ0n) is 13.5. The van der Waals surface area contributed by atoms with Crippen molar-refractivity contribution >= 4 is 17.5 Å². The van der Waals surface area contributed by atoms with E-state index in [1.54, 1.807) is 24.5 Å². The average molecular weight is 318 g/mol. The molecule has 23 heavy (non-hydrogen) atoms. The summed E-state index contributed by atoms with van der Waals surface area (Å²) < 4.78 is 0. The fourth-order valence-corrected chi connectivity index (χ4v) is 3.13. The monoisotopic (exact) mass is 318 g/mol. The molecule has 6 nitrogen and oxygen atoms in total. The first-order valence-corrected chi connectivity index (χ1v) is 8.30. The highest BCUT2D eigenvalue weighted by atomic mass is 16.2. The molecular weight excluding hydrogens is 292 g/mol. The van der Waals surface area contributed by atoms with Gasteiger partial charge in [0.15, 0.2) is 0 Å². The number of nitrogens with zero attached hydrogens (tertiary/aromatic N) is 1. The maximum absolute atomic E-state index is 12.1. The molecule has 1 aliphatic carbocycles. The van der Waals surface area contributed by atoms with Crippen LogP contribution in [0.3, 0.4) is 0 Å². The van der Waals surface area contributed by atoms with Crippen LogP contribution in [-0.4, -0.2) is 29.9 Å². The lowest BCUT2D eigenvalue weighted by Crippen LogP contribution is -2.39. The molecule has 1 aromatic heterocycles. The van der Waals surface area contributed by atoms with E-state index in [9.17, 15) is 9.59 Å². The van der Waals surface area contributed by atoms with Gasteiger partial charge < -0.3 is 16.4 Å². The predicted octanol–water partition coefficient (Wildman–Crippen LogP) is 1.83. The van der Waals surface area contributed by atoms with E-state index in [4.69, 9.17) is 5.73 Å². The lowest BCUT2D eigenvalue weighted by Gasteiger charge is -2.35. The number of hydrogen-bond donors (Lipinski definition) is 3. The van der Waals surface area contributed by atoms with Gasteiger partial charge in [0.1, 0.15) is 0 Å². The summed E-state index contributed by atoms with van der Waals surface area (Å²) in [4.78, 5) is 27.8. The third-order valence-electron chi connectivity index (χ3n) is 4.52. The predicted molar refractivity (Wildman–Crippen MR) is 89.7 cm³/mol. The van der Waals surface area contributed by atoms with E-state index in [1.165, 1.54) is 6.42 Å². The number of carbonyl (C=O) groups is 2. The molecule has 1 aliphatic rings. The second kappa shape index (κ2) is 8.62. The summed E-state index contributed by atoms with van der Waals surface area (Å²) in [6, 6.07) is 3.45. The second-order valence-corrected chi connectivity index (χ2v) is 6.33. The number of pyridine rings is 1. The number of hydrogen-bond acceptors (Lipinski definition) is 4. The third kappa shape index (κ3) is 5.63. The van der Waals surface area contributed by atoms with Gasteiger partial charge in [0, 0.05) is 37.5 Å². The molecule has 2 rings (SSSR count). The maximum atomic E-state index is 12.1. The van der Waals surface area contributed by atoms with Crippen molar-refractivity contribution in [2.45, 2.75) is 44.9 Å². The molecule has 0 aliphatic heterocycles. The molecule has 0 spiro atoms. The summed E-state index contributed by atoms with van der Waals surface area (Å²) in [6.07, 6.45) is 9.55. The minimum absolute atomic E-state index is 0.00550. The van der Waals surface area contributed by atoms with Gasteiger partial charge in [-0.05, 0) is 36.9 Å². The van der Waals surface area contributed by atoms with Crippen molar-refractivity contribution < 1.29 is 9.59 Å². The quantitative estimate of drug-likeness (QED) is 0.714. The molecule has 0 radical (unpaired) electrons. The molecule has 0 unspecified atom stereocenters. The van der Waals surface area contributed by atoms with Gasteiger partial charge in [-0.3, -0.25) is 14.6 Å². The van der Waals surface area contributed by atoms with Crippen LogP contribution in [0.1, 0.15) is 44.9 Å². The van der Waals surface area contributed by atoms with Crippen LogP contribution in [0.15, 0.2) is 24.5 Å². The first-order valence-electron chi connectivity index (χ1n) is 8.30. The van der Waals surface area contributed by atoms with E-state index in [-0.39, 0.29) is 23.7 Å². The highest BCUT2D eigenvalue weighted by molar-refractivity contribution is 5.91. The van der Waals surface area contributed by atoms with Gasteiger partial charge in [-0.15, -0.1) is 0 Å². The van der Waals surface area contributed by atoms with Crippen LogP contribution in [0.5, 0.6) is 0 Å². The number of aromatic nitrogens is 1. The van der Waals surface area contributed by atoms with E-state index in [0.717, 1.165) is 25.7 Å². The van der Waals surface area contributed by atoms with E-state index in [2.05, 4.69) is 15.6 Å². The van der Waals surface area contributed by atoms with Crippen molar-refractivity contribution in [3.05, 3.63) is 24.5 Å². The van der Waals surface area contributed by atoms with Crippen LogP contribution in [0.2, 0.25) is 0 Å². The average Bonchev–Trinajstić information content (AvgIpc) is 2.56. The Balaban J connectivity index is 1.69. The topological polar surface area (TPSA) is 97.1 Å². The van der Waals surface area contributed by atoms with Gasteiger partial charge in [-0.25, -0.2) is 0 Å². The molecule has 0 aromatic carbocycles. The first kappa shape index (κ1) is 17.4. The van der Waals surface area contributed by atoms with Crippen LogP contribution < -0.4 is 16.4 Å². The van der Waals surface area contributed by atoms with Crippen LogP contribution in [0.4, 0.5) is 5.69 Å². The van der Waals surface area contributed by atoms with Gasteiger partial charge in [-0.1, -0.05) is 19.3 Å². The molecule has 0 saturated heterocycles. The Morgan fingerprint density at radius 2 is 1.83 bits per heavy atom. The maximum Gasteiger partial charge on any atom is 0.226 e. The Bertz CT molecular complexity index is 513.